The van der Waals surface area contributed by atoms with Gasteiger partial charge in [-0.2, -0.15) is 0 Å². The van der Waals surface area contributed by atoms with Crippen LogP contribution in [-0.4, -0.2) is 40.0 Å². The molecule has 2 saturated heterocycles. The first-order valence-electron chi connectivity index (χ1n) is 7.62. The third kappa shape index (κ3) is 2.91. The van der Waals surface area contributed by atoms with Gasteiger partial charge in [0.05, 0.1) is 20.3 Å². The molecule has 0 spiro atoms. The van der Waals surface area contributed by atoms with Crippen LogP contribution in [0.15, 0.2) is 18.2 Å². The Kier molecular flexibility index (Phi) is 4.43. The Morgan fingerprint density at radius 3 is 2.80 bits per heavy atom. The van der Waals surface area contributed by atoms with E-state index in [0.717, 1.165) is 38.6 Å². The highest BCUT2D eigenvalue weighted by molar-refractivity contribution is 5.54. The maximum atomic E-state index is 5.56. The van der Waals surface area contributed by atoms with E-state index in [1.807, 2.05) is 0 Å². The molecule has 1 atom stereocenters. The zero-order chi connectivity index (χ0) is 13.8. The molecule has 4 heteroatoms. The highest BCUT2D eigenvalue weighted by Gasteiger charge is 2.20. The molecule has 4 nitrogen and oxygen atoms in total. The number of rotatable bonds is 3. The van der Waals surface area contributed by atoms with E-state index in [1.54, 1.807) is 7.11 Å². The normalized spacial score (nSPS) is 23.6. The van der Waals surface area contributed by atoms with Crippen LogP contribution in [0.2, 0.25) is 0 Å². The average molecular weight is 276 g/mol. The van der Waals surface area contributed by atoms with Crippen LogP contribution in [-0.2, 0) is 4.74 Å². The molecule has 2 heterocycles. The summed E-state index contributed by atoms with van der Waals surface area (Å²) in [5, 5.41) is 3.62. The SMILES string of the molecule is COc1ccc(N2CCOCC2)cc1C1CCCCN1. The predicted molar refractivity (Wildman–Crippen MR) is 80.6 cm³/mol. The maximum Gasteiger partial charge on any atom is 0.123 e. The van der Waals surface area contributed by atoms with Crippen molar-refractivity contribution in [2.75, 3.05) is 44.9 Å². The van der Waals surface area contributed by atoms with Crippen molar-refractivity contribution < 1.29 is 9.47 Å². The third-order valence-corrected chi connectivity index (χ3v) is 4.28. The van der Waals surface area contributed by atoms with E-state index in [0.29, 0.717) is 6.04 Å². The lowest BCUT2D eigenvalue weighted by molar-refractivity contribution is 0.122. The zero-order valence-electron chi connectivity index (χ0n) is 12.2. The number of piperidine rings is 1. The van der Waals surface area contributed by atoms with E-state index in [1.165, 1.54) is 30.5 Å². The quantitative estimate of drug-likeness (QED) is 0.919. The zero-order valence-corrected chi connectivity index (χ0v) is 12.2. The van der Waals surface area contributed by atoms with Crippen LogP contribution in [0.25, 0.3) is 0 Å². The Bertz CT molecular complexity index is 438. The van der Waals surface area contributed by atoms with Crippen molar-refractivity contribution in [1.82, 2.24) is 5.32 Å². The molecule has 2 fully saturated rings. The Balaban J connectivity index is 1.85. The van der Waals surface area contributed by atoms with Crippen LogP contribution >= 0.6 is 0 Å². The van der Waals surface area contributed by atoms with E-state index >= 15 is 0 Å². The van der Waals surface area contributed by atoms with Crippen LogP contribution in [0.3, 0.4) is 0 Å². The maximum absolute atomic E-state index is 5.56. The summed E-state index contributed by atoms with van der Waals surface area (Å²) in [5.41, 5.74) is 2.59. The smallest absolute Gasteiger partial charge is 0.123 e. The summed E-state index contributed by atoms with van der Waals surface area (Å²) in [6.07, 6.45) is 3.77. The molecule has 2 aliphatic heterocycles. The van der Waals surface area contributed by atoms with E-state index in [2.05, 4.69) is 28.4 Å². The molecule has 3 rings (SSSR count). The minimum atomic E-state index is 0.430. The minimum Gasteiger partial charge on any atom is -0.496 e. The molecule has 0 radical (unpaired) electrons. The lowest BCUT2D eigenvalue weighted by Crippen LogP contribution is -2.36. The van der Waals surface area contributed by atoms with Crippen molar-refractivity contribution in [3.8, 4) is 5.75 Å². The van der Waals surface area contributed by atoms with Crippen molar-refractivity contribution in [3.63, 3.8) is 0 Å². The lowest BCUT2D eigenvalue weighted by Gasteiger charge is -2.31. The summed E-state index contributed by atoms with van der Waals surface area (Å²) in [4.78, 5) is 2.40. The Morgan fingerprint density at radius 1 is 1.25 bits per heavy atom. The molecular weight excluding hydrogens is 252 g/mol. The summed E-state index contributed by atoms with van der Waals surface area (Å²) in [6.45, 7) is 4.70. The van der Waals surface area contributed by atoms with Gasteiger partial charge in [0.15, 0.2) is 0 Å². The molecule has 1 N–H and O–H groups in total. The number of nitrogens with zero attached hydrogens (tertiary/aromatic N) is 1. The number of morpholine rings is 1. The van der Waals surface area contributed by atoms with Gasteiger partial charge in [-0.05, 0) is 37.6 Å². The molecule has 110 valence electrons. The molecular formula is C16H24N2O2. The summed E-state index contributed by atoms with van der Waals surface area (Å²) < 4.78 is 11.0. The highest BCUT2D eigenvalue weighted by atomic mass is 16.5. The number of nitrogens with one attached hydrogen (secondary N) is 1. The fourth-order valence-corrected chi connectivity index (χ4v) is 3.13. The number of hydrogen-bond acceptors (Lipinski definition) is 4. The summed E-state index contributed by atoms with van der Waals surface area (Å²) in [6, 6.07) is 7.00. The van der Waals surface area contributed by atoms with E-state index in [-0.39, 0.29) is 0 Å². The van der Waals surface area contributed by atoms with Crippen LogP contribution in [0.1, 0.15) is 30.9 Å². The Hall–Kier alpha value is -1.26. The number of hydrogen-bond donors (Lipinski definition) is 1. The van der Waals surface area contributed by atoms with Crippen molar-refractivity contribution >= 4 is 5.69 Å². The molecule has 0 bridgehead atoms. The van der Waals surface area contributed by atoms with E-state index < -0.39 is 0 Å². The van der Waals surface area contributed by atoms with Gasteiger partial charge in [0.1, 0.15) is 5.75 Å². The first-order valence-corrected chi connectivity index (χ1v) is 7.62. The lowest BCUT2D eigenvalue weighted by atomic mass is 9.96. The second kappa shape index (κ2) is 6.46. The largest absolute Gasteiger partial charge is 0.496 e. The summed E-state index contributed by atoms with van der Waals surface area (Å²) in [5.74, 6) is 1.00. The number of benzene rings is 1. The van der Waals surface area contributed by atoms with E-state index in [9.17, 15) is 0 Å². The summed E-state index contributed by atoms with van der Waals surface area (Å²) >= 11 is 0. The van der Waals surface area contributed by atoms with Crippen LogP contribution in [0.5, 0.6) is 5.75 Å². The molecule has 0 amide bonds. The van der Waals surface area contributed by atoms with Crippen LogP contribution in [0.4, 0.5) is 5.69 Å². The van der Waals surface area contributed by atoms with Gasteiger partial charge in [0.2, 0.25) is 0 Å². The summed E-state index contributed by atoms with van der Waals surface area (Å²) in [7, 11) is 1.76. The molecule has 1 unspecified atom stereocenters. The number of ether oxygens (including phenoxy) is 2. The topological polar surface area (TPSA) is 33.7 Å². The highest BCUT2D eigenvalue weighted by Crippen LogP contribution is 2.33. The average Bonchev–Trinajstić information content (AvgIpc) is 2.56. The van der Waals surface area contributed by atoms with Gasteiger partial charge >= 0.3 is 0 Å². The van der Waals surface area contributed by atoms with Gasteiger partial charge in [-0.25, -0.2) is 0 Å². The van der Waals surface area contributed by atoms with Gasteiger partial charge in [-0.15, -0.1) is 0 Å². The fourth-order valence-electron chi connectivity index (χ4n) is 3.13. The van der Waals surface area contributed by atoms with Gasteiger partial charge in [0.25, 0.3) is 0 Å². The first kappa shape index (κ1) is 13.7. The van der Waals surface area contributed by atoms with Gasteiger partial charge < -0.3 is 19.7 Å². The minimum absolute atomic E-state index is 0.430. The van der Waals surface area contributed by atoms with Gasteiger partial charge in [-0.1, -0.05) is 6.42 Å². The second-order valence-corrected chi connectivity index (χ2v) is 5.53. The van der Waals surface area contributed by atoms with Crippen molar-refractivity contribution in [1.29, 1.82) is 0 Å². The Labute approximate surface area is 121 Å². The first-order chi connectivity index (χ1) is 9.88. The molecule has 20 heavy (non-hydrogen) atoms. The van der Waals surface area contributed by atoms with Crippen molar-refractivity contribution in [3.05, 3.63) is 23.8 Å². The molecule has 0 aliphatic carbocycles. The van der Waals surface area contributed by atoms with Crippen LogP contribution in [0, 0.1) is 0 Å². The molecule has 0 saturated carbocycles. The number of methoxy groups -OCH3 is 1. The standard InChI is InChI=1S/C16H24N2O2/c1-19-16-6-5-13(18-8-10-20-11-9-18)12-14(16)15-4-2-3-7-17-15/h5-6,12,15,17H,2-4,7-11H2,1H3. The van der Waals surface area contributed by atoms with Gasteiger partial charge in [0, 0.05) is 30.4 Å². The molecule has 2 aliphatic rings. The predicted octanol–water partition coefficient (Wildman–Crippen LogP) is 2.35. The van der Waals surface area contributed by atoms with Gasteiger partial charge in [-0.3, -0.25) is 0 Å². The van der Waals surface area contributed by atoms with Crippen molar-refractivity contribution in [2.45, 2.75) is 25.3 Å². The Morgan fingerprint density at radius 2 is 2.10 bits per heavy atom. The van der Waals surface area contributed by atoms with Crippen LogP contribution < -0.4 is 15.0 Å². The second-order valence-electron chi connectivity index (χ2n) is 5.53. The molecule has 0 aromatic heterocycles. The monoisotopic (exact) mass is 276 g/mol. The fraction of sp³-hybridized carbons (Fsp3) is 0.625. The molecule has 1 aromatic carbocycles. The number of anilines is 1. The van der Waals surface area contributed by atoms with Crippen molar-refractivity contribution in [2.24, 2.45) is 0 Å². The third-order valence-electron chi connectivity index (χ3n) is 4.28. The van der Waals surface area contributed by atoms with E-state index in [4.69, 9.17) is 9.47 Å². The molecule has 1 aromatic rings.